The van der Waals surface area contributed by atoms with Gasteiger partial charge in [-0.1, -0.05) is 25.1 Å². The molecule has 5 rings (SSSR count). The Kier molecular flexibility index (Phi) is 9.25. The number of nitrogens with zero attached hydrogens (tertiary/aromatic N) is 5. The number of rotatable bonds is 6. The smallest absolute Gasteiger partial charge is 0.416 e. The van der Waals surface area contributed by atoms with E-state index >= 15 is 8.78 Å². The summed E-state index contributed by atoms with van der Waals surface area (Å²) in [6.45, 7) is 6.38. The number of fused-ring (bicyclic) bond motifs is 1. The van der Waals surface area contributed by atoms with E-state index in [2.05, 4.69) is 15.4 Å². The standard InChI is InChI=1S/C32H35F5N6O5/c1-6-23-25(21-9-12-41(17-31(21,33)34)29(46)48-30(3,4)5)27(45)43-28(39-26(40-43)19-10-13-47-14-11-19)42(23)16-24(44)38-20-8-7-18(2)22(15-20)32(35,36)37/h7-10,15H,6,11-14,16-17H2,1-5H3,(H,38,44). The summed E-state index contributed by atoms with van der Waals surface area (Å²) in [4.78, 5) is 45.3. The predicted molar refractivity (Wildman–Crippen MR) is 166 cm³/mol. The Bertz CT molecular complexity index is 1890. The summed E-state index contributed by atoms with van der Waals surface area (Å²) in [7, 11) is 0. The average Bonchev–Trinajstić information content (AvgIpc) is 3.44. The van der Waals surface area contributed by atoms with Crippen molar-refractivity contribution in [2.24, 2.45) is 0 Å². The highest BCUT2D eigenvalue weighted by Crippen LogP contribution is 2.38. The first-order chi connectivity index (χ1) is 22.4. The van der Waals surface area contributed by atoms with E-state index in [1.807, 2.05) is 0 Å². The molecule has 3 aromatic rings. The molecule has 0 saturated carbocycles. The van der Waals surface area contributed by atoms with Crippen LogP contribution in [0.1, 0.15) is 62.3 Å². The first kappa shape index (κ1) is 34.7. The Morgan fingerprint density at radius 2 is 1.88 bits per heavy atom. The number of hydrogen-bond acceptors (Lipinski definition) is 7. The lowest BCUT2D eigenvalue weighted by molar-refractivity contribution is -0.138. The lowest BCUT2D eigenvalue weighted by Gasteiger charge is -2.34. The normalized spacial score (nSPS) is 16.8. The van der Waals surface area contributed by atoms with Crippen LogP contribution in [0.15, 0.2) is 35.1 Å². The van der Waals surface area contributed by atoms with Gasteiger partial charge < -0.3 is 19.4 Å². The number of carbonyl (C=O) groups is 2. The van der Waals surface area contributed by atoms with Crippen molar-refractivity contribution >= 4 is 34.6 Å². The number of anilines is 1. The molecule has 0 aliphatic carbocycles. The van der Waals surface area contributed by atoms with Crippen molar-refractivity contribution in [2.45, 2.75) is 71.7 Å². The van der Waals surface area contributed by atoms with Crippen molar-refractivity contribution in [3.05, 3.63) is 68.9 Å². The Morgan fingerprint density at radius 3 is 2.48 bits per heavy atom. The molecule has 0 fully saturated rings. The van der Waals surface area contributed by atoms with Crippen molar-refractivity contribution in [2.75, 3.05) is 31.6 Å². The highest BCUT2D eigenvalue weighted by molar-refractivity contribution is 5.91. The summed E-state index contributed by atoms with van der Waals surface area (Å²) in [6, 6.07) is 3.33. The van der Waals surface area contributed by atoms with Gasteiger partial charge in [0.25, 0.3) is 11.5 Å². The third-order valence-electron chi connectivity index (χ3n) is 7.79. The molecule has 16 heteroatoms. The van der Waals surface area contributed by atoms with Gasteiger partial charge in [0, 0.05) is 23.5 Å². The number of amides is 2. The quantitative estimate of drug-likeness (QED) is 0.343. The molecular weight excluding hydrogens is 643 g/mol. The summed E-state index contributed by atoms with van der Waals surface area (Å²) in [5.74, 6) is -4.49. The second-order valence-electron chi connectivity index (χ2n) is 12.5. The number of alkyl halides is 5. The molecule has 11 nitrogen and oxygen atoms in total. The monoisotopic (exact) mass is 678 g/mol. The van der Waals surface area contributed by atoms with Crippen LogP contribution in [-0.4, -0.2) is 73.9 Å². The lowest BCUT2D eigenvalue weighted by atomic mass is 9.94. The summed E-state index contributed by atoms with van der Waals surface area (Å²) >= 11 is 0. The maximum absolute atomic E-state index is 15.9. The van der Waals surface area contributed by atoms with Crippen LogP contribution in [0.4, 0.5) is 32.4 Å². The van der Waals surface area contributed by atoms with Crippen LogP contribution in [0.5, 0.6) is 0 Å². The molecule has 2 aliphatic rings. The van der Waals surface area contributed by atoms with Crippen molar-refractivity contribution in [1.82, 2.24) is 24.1 Å². The molecule has 0 saturated heterocycles. The van der Waals surface area contributed by atoms with Gasteiger partial charge in [-0.3, -0.25) is 14.5 Å². The van der Waals surface area contributed by atoms with Crippen molar-refractivity contribution < 1.29 is 41.0 Å². The summed E-state index contributed by atoms with van der Waals surface area (Å²) in [5.41, 5.74) is -3.33. The maximum atomic E-state index is 15.9. The molecule has 0 bridgehead atoms. The Hall–Kier alpha value is -4.60. The van der Waals surface area contributed by atoms with Crippen LogP contribution in [0.3, 0.4) is 0 Å². The van der Waals surface area contributed by atoms with E-state index < -0.39 is 65.0 Å². The van der Waals surface area contributed by atoms with Gasteiger partial charge in [0.05, 0.1) is 30.9 Å². The van der Waals surface area contributed by atoms with Gasteiger partial charge in [-0.2, -0.15) is 31.5 Å². The zero-order valence-electron chi connectivity index (χ0n) is 27.0. The van der Waals surface area contributed by atoms with E-state index in [9.17, 15) is 27.6 Å². The highest BCUT2D eigenvalue weighted by atomic mass is 19.4. The minimum atomic E-state index is -4.66. The largest absolute Gasteiger partial charge is 0.444 e. The van der Waals surface area contributed by atoms with Crippen LogP contribution < -0.4 is 10.9 Å². The molecular formula is C32H35F5N6O5. The number of halogens is 5. The van der Waals surface area contributed by atoms with E-state index in [4.69, 9.17) is 9.47 Å². The molecule has 0 spiro atoms. The summed E-state index contributed by atoms with van der Waals surface area (Å²) < 4.78 is 85.2. The highest BCUT2D eigenvalue weighted by Gasteiger charge is 2.45. The van der Waals surface area contributed by atoms with Crippen molar-refractivity contribution in [3.8, 4) is 0 Å². The second-order valence-corrected chi connectivity index (χ2v) is 12.5. The molecule has 2 aromatic heterocycles. The zero-order valence-corrected chi connectivity index (χ0v) is 27.0. The Labute approximate surface area is 272 Å². The van der Waals surface area contributed by atoms with E-state index in [0.717, 1.165) is 21.6 Å². The third-order valence-corrected chi connectivity index (χ3v) is 7.79. The van der Waals surface area contributed by atoms with Crippen LogP contribution in [0, 0.1) is 6.92 Å². The first-order valence-electron chi connectivity index (χ1n) is 15.2. The topological polar surface area (TPSA) is 120 Å². The van der Waals surface area contributed by atoms with Crippen molar-refractivity contribution in [1.29, 1.82) is 0 Å². The minimum Gasteiger partial charge on any atom is -0.444 e. The molecule has 1 N–H and O–H groups in total. The summed E-state index contributed by atoms with van der Waals surface area (Å²) in [5, 5.41) is 6.77. The molecule has 0 radical (unpaired) electrons. The predicted octanol–water partition coefficient (Wildman–Crippen LogP) is 5.49. The number of hydrogen-bond donors (Lipinski definition) is 1. The number of aromatic nitrogens is 4. The van der Waals surface area contributed by atoms with Crippen molar-refractivity contribution in [3.63, 3.8) is 0 Å². The molecule has 0 unspecified atom stereocenters. The minimum absolute atomic E-state index is 0.0148. The second kappa shape index (κ2) is 12.8. The average molecular weight is 679 g/mol. The van der Waals surface area contributed by atoms with Gasteiger partial charge in [0.2, 0.25) is 11.7 Å². The zero-order chi connectivity index (χ0) is 35.2. The molecule has 2 amide bonds. The van der Waals surface area contributed by atoms with E-state index in [0.29, 0.717) is 18.6 Å². The maximum Gasteiger partial charge on any atom is 0.416 e. The fraction of sp³-hybridized carbons (Fsp3) is 0.469. The number of ether oxygens (including phenoxy) is 2. The Morgan fingerprint density at radius 1 is 1.15 bits per heavy atom. The van der Waals surface area contributed by atoms with Crippen LogP contribution >= 0.6 is 0 Å². The fourth-order valence-electron chi connectivity index (χ4n) is 5.61. The van der Waals surface area contributed by atoms with Crippen LogP contribution in [0.25, 0.3) is 16.9 Å². The number of aryl methyl sites for hydroxylation is 1. The van der Waals surface area contributed by atoms with E-state index in [1.165, 1.54) is 23.6 Å². The van der Waals surface area contributed by atoms with Gasteiger partial charge in [0.1, 0.15) is 12.1 Å². The number of carbonyl (C=O) groups excluding carboxylic acids is 2. The van der Waals surface area contributed by atoms with E-state index in [1.54, 1.807) is 33.8 Å². The fourth-order valence-corrected chi connectivity index (χ4v) is 5.61. The number of nitrogens with one attached hydrogen (secondary N) is 1. The molecule has 258 valence electrons. The van der Waals surface area contributed by atoms with Crippen LogP contribution in [0.2, 0.25) is 0 Å². The van der Waals surface area contributed by atoms with Gasteiger partial charge in [0.15, 0.2) is 5.82 Å². The summed E-state index contributed by atoms with van der Waals surface area (Å²) in [6.07, 6.45) is -2.41. The molecule has 2 aliphatic heterocycles. The van der Waals surface area contributed by atoms with Gasteiger partial charge >= 0.3 is 12.3 Å². The van der Waals surface area contributed by atoms with Gasteiger partial charge in [-0.15, -0.1) is 5.10 Å². The first-order valence-corrected chi connectivity index (χ1v) is 15.2. The number of benzene rings is 1. The lowest BCUT2D eigenvalue weighted by Crippen LogP contribution is -2.48. The van der Waals surface area contributed by atoms with Gasteiger partial charge in [-0.25, -0.2) is 4.79 Å². The molecule has 4 heterocycles. The third kappa shape index (κ3) is 7.12. The van der Waals surface area contributed by atoms with Gasteiger partial charge in [-0.05, 0) is 63.8 Å². The SMILES string of the molecule is CCc1c(C2=CCN(C(=O)OC(C)(C)C)CC2(F)F)c(=O)n2nc(C3=CCOCC3)nc2n1CC(=O)Nc1ccc(C)c(C(F)(F)F)c1. The van der Waals surface area contributed by atoms with E-state index in [-0.39, 0.29) is 48.1 Å². The molecule has 0 atom stereocenters. The Balaban J connectivity index is 1.62. The molecule has 1 aromatic carbocycles. The van der Waals surface area contributed by atoms with Crippen LogP contribution in [-0.2, 0) is 33.4 Å². The molecule has 48 heavy (non-hydrogen) atoms.